The lowest BCUT2D eigenvalue weighted by Crippen LogP contribution is -2.16. The van der Waals surface area contributed by atoms with Gasteiger partial charge in [-0.3, -0.25) is 9.98 Å². The van der Waals surface area contributed by atoms with Gasteiger partial charge in [-0.25, -0.2) is 0 Å². The Bertz CT molecular complexity index is 2750. The van der Waals surface area contributed by atoms with Crippen LogP contribution in [-0.4, -0.2) is 17.0 Å². The SMILES string of the molecule is C=NC1=C(/C(=N\Cn2c3cc4sc5ccc6ccccc6c5c4cc3c3c4ccccc4ccc32)C2=CCCC=C2)CCC2=C1C=CCC2. The molecule has 49 heavy (non-hydrogen) atoms. The van der Waals surface area contributed by atoms with Crippen LogP contribution in [-0.2, 0) is 6.67 Å². The van der Waals surface area contributed by atoms with E-state index < -0.39 is 0 Å². The minimum atomic E-state index is 0.522. The maximum Gasteiger partial charge on any atom is 0.115 e. The molecule has 0 N–H and O–H groups in total. The van der Waals surface area contributed by atoms with Gasteiger partial charge in [0.15, 0.2) is 0 Å². The number of aromatic nitrogens is 1. The summed E-state index contributed by atoms with van der Waals surface area (Å²) in [7, 11) is 0. The second-order valence-corrected chi connectivity index (χ2v) is 14.6. The Morgan fingerprint density at radius 3 is 2.31 bits per heavy atom. The molecule has 3 aliphatic carbocycles. The molecular weight excluding hydrogens is 615 g/mol. The highest BCUT2D eigenvalue weighted by Crippen LogP contribution is 2.44. The fourth-order valence-electron chi connectivity index (χ4n) is 8.53. The van der Waals surface area contributed by atoms with Gasteiger partial charge in [0.25, 0.3) is 0 Å². The van der Waals surface area contributed by atoms with Gasteiger partial charge in [-0.05, 0) is 102 Å². The summed E-state index contributed by atoms with van der Waals surface area (Å²) in [6, 6.07) is 31.6. The van der Waals surface area contributed by atoms with Gasteiger partial charge in [0.2, 0.25) is 0 Å². The molecule has 0 radical (unpaired) electrons. The number of thiophene rings is 1. The van der Waals surface area contributed by atoms with E-state index in [4.69, 9.17) is 4.99 Å². The summed E-state index contributed by atoms with van der Waals surface area (Å²) < 4.78 is 5.09. The van der Waals surface area contributed by atoms with E-state index >= 15 is 0 Å². The van der Waals surface area contributed by atoms with Crippen LogP contribution >= 0.6 is 11.3 Å². The van der Waals surface area contributed by atoms with Crippen LogP contribution in [0, 0.1) is 0 Å². The number of fused-ring (bicyclic) bond motifs is 10. The topological polar surface area (TPSA) is 29.6 Å². The molecule has 7 aromatic rings. The number of aliphatic imine (C=N–C) groups is 2. The van der Waals surface area contributed by atoms with Crippen LogP contribution in [0.3, 0.4) is 0 Å². The molecule has 236 valence electrons. The highest BCUT2D eigenvalue weighted by Gasteiger charge is 2.26. The third kappa shape index (κ3) is 4.47. The fourth-order valence-corrected chi connectivity index (χ4v) is 9.67. The standard InChI is InChI=1S/C45H35N3S/c1-46-45-34-18-10-7-13-30(34)19-22-35(45)44(31-14-3-2-4-15-31)47-27-48-38-23-20-28-11-5-8-16-32(28)42(38)36-25-37-41(26-39(36)48)49-40-24-21-29-12-6-9-17-33(29)43(37)40/h3,5-6,8-12,14-18,20-21,23-26H,1-2,4,7,13,19,22,27H2/b47-44-. The minimum absolute atomic E-state index is 0.522. The molecule has 0 saturated carbocycles. The number of rotatable bonds is 5. The maximum atomic E-state index is 5.56. The Hall–Kier alpha value is -5.32. The van der Waals surface area contributed by atoms with E-state index in [1.165, 1.54) is 85.8 Å². The lowest BCUT2D eigenvalue weighted by atomic mass is 9.81. The van der Waals surface area contributed by atoms with Crippen molar-refractivity contribution >= 4 is 87.3 Å². The molecule has 3 aliphatic rings. The Morgan fingerprint density at radius 2 is 1.49 bits per heavy atom. The Morgan fingerprint density at radius 1 is 0.694 bits per heavy atom. The van der Waals surface area contributed by atoms with Gasteiger partial charge < -0.3 is 4.57 Å². The molecule has 2 heterocycles. The number of allylic oxidation sites excluding steroid dienone is 8. The van der Waals surface area contributed by atoms with Gasteiger partial charge in [-0.15, -0.1) is 11.3 Å². The van der Waals surface area contributed by atoms with Crippen molar-refractivity contribution in [3.8, 4) is 0 Å². The van der Waals surface area contributed by atoms with Crippen molar-refractivity contribution in [3.63, 3.8) is 0 Å². The van der Waals surface area contributed by atoms with Gasteiger partial charge in [-0.1, -0.05) is 96.6 Å². The zero-order valence-corrected chi connectivity index (χ0v) is 28.2. The molecule has 4 heteroatoms. The van der Waals surface area contributed by atoms with Crippen molar-refractivity contribution in [2.24, 2.45) is 9.98 Å². The molecule has 0 fully saturated rings. The van der Waals surface area contributed by atoms with Crippen molar-refractivity contribution in [2.75, 3.05) is 0 Å². The first-order valence-corrected chi connectivity index (χ1v) is 18.3. The monoisotopic (exact) mass is 649 g/mol. The minimum Gasteiger partial charge on any atom is -0.320 e. The summed E-state index contributed by atoms with van der Waals surface area (Å²) in [4.78, 5) is 10.2. The average molecular weight is 650 g/mol. The van der Waals surface area contributed by atoms with Crippen molar-refractivity contribution in [1.29, 1.82) is 0 Å². The maximum absolute atomic E-state index is 5.56. The number of hydrogen-bond donors (Lipinski definition) is 0. The van der Waals surface area contributed by atoms with Gasteiger partial charge in [0.1, 0.15) is 6.67 Å². The van der Waals surface area contributed by atoms with Crippen LogP contribution < -0.4 is 0 Å². The fraction of sp³-hybridized carbons (Fsp3) is 0.156. The van der Waals surface area contributed by atoms with Crippen LogP contribution in [0.25, 0.3) is 63.5 Å². The summed E-state index contributed by atoms with van der Waals surface area (Å²) in [6.07, 6.45) is 17.8. The van der Waals surface area contributed by atoms with Crippen molar-refractivity contribution in [3.05, 3.63) is 143 Å². The Balaban J connectivity index is 1.24. The van der Waals surface area contributed by atoms with E-state index in [1.807, 2.05) is 11.3 Å². The van der Waals surface area contributed by atoms with Gasteiger partial charge in [0.05, 0.1) is 22.4 Å². The van der Waals surface area contributed by atoms with Crippen molar-refractivity contribution in [1.82, 2.24) is 4.57 Å². The van der Waals surface area contributed by atoms with Gasteiger partial charge in [-0.2, -0.15) is 0 Å². The molecule has 5 aromatic carbocycles. The normalized spacial score (nSPS) is 17.0. The highest BCUT2D eigenvalue weighted by atomic mass is 32.1. The third-order valence-electron chi connectivity index (χ3n) is 10.8. The average Bonchev–Trinajstić information content (AvgIpc) is 3.69. The summed E-state index contributed by atoms with van der Waals surface area (Å²) in [5.41, 5.74) is 9.73. The molecule has 0 aliphatic heterocycles. The third-order valence-corrected chi connectivity index (χ3v) is 11.9. The first-order chi connectivity index (χ1) is 24.3. The molecule has 0 spiro atoms. The lowest BCUT2D eigenvalue weighted by molar-refractivity contribution is 0.781. The Kier molecular flexibility index (Phi) is 6.66. The van der Waals surface area contributed by atoms with E-state index in [9.17, 15) is 0 Å². The van der Waals surface area contributed by atoms with E-state index in [-0.39, 0.29) is 0 Å². The molecule has 0 unspecified atom stereocenters. The lowest BCUT2D eigenvalue weighted by Gasteiger charge is -2.26. The zero-order chi connectivity index (χ0) is 32.5. The molecule has 10 rings (SSSR count). The smallest absolute Gasteiger partial charge is 0.115 e. The number of benzene rings is 5. The quantitative estimate of drug-likeness (QED) is 0.166. The molecule has 0 saturated heterocycles. The van der Waals surface area contributed by atoms with Crippen LogP contribution in [0.2, 0.25) is 0 Å². The summed E-state index contributed by atoms with van der Waals surface area (Å²) in [5.74, 6) is 0. The van der Waals surface area contributed by atoms with Crippen molar-refractivity contribution in [2.45, 2.75) is 45.2 Å². The number of hydrogen-bond acceptors (Lipinski definition) is 3. The van der Waals surface area contributed by atoms with Crippen LogP contribution in [0.15, 0.2) is 153 Å². The van der Waals surface area contributed by atoms with E-state index in [2.05, 4.69) is 132 Å². The van der Waals surface area contributed by atoms with E-state index in [0.29, 0.717) is 6.67 Å². The van der Waals surface area contributed by atoms with Gasteiger partial charge in [0, 0.05) is 36.5 Å². The van der Waals surface area contributed by atoms with E-state index in [0.717, 1.165) is 49.9 Å². The predicted molar refractivity (Wildman–Crippen MR) is 212 cm³/mol. The molecule has 0 bridgehead atoms. The number of nitrogens with zero attached hydrogens (tertiary/aromatic N) is 3. The largest absolute Gasteiger partial charge is 0.320 e. The zero-order valence-electron chi connectivity index (χ0n) is 27.4. The molecular formula is C45H35N3S. The van der Waals surface area contributed by atoms with E-state index in [1.54, 1.807) is 0 Å². The molecule has 3 nitrogen and oxygen atoms in total. The first kappa shape index (κ1) is 28.7. The summed E-state index contributed by atoms with van der Waals surface area (Å²) in [5, 5.41) is 10.4. The summed E-state index contributed by atoms with van der Waals surface area (Å²) in [6.45, 7) is 4.59. The van der Waals surface area contributed by atoms with Crippen LogP contribution in [0.5, 0.6) is 0 Å². The van der Waals surface area contributed by atoms with Crippen molar-refractivity contribution < 1.29 is 0 Å². The second kappa shape index (κ2) is 11.4. The first-order valence-electron chi connectivity index (χ1n) is 17.5. The highest BCUT2D eigenvalue weighted by molar-refractivity contribution is 7.26. The van der Waals surface area contributed by atoms with Crippen LogP contribution in [0.4, 0.5) is 0 Å². The Labute approximate surface area is 289 Å². The second-order valence-electron chi connectivity index (χ2n) is 13.5. The summed E-state index contributed by atoms with van der Waals surface area (Å²) >= 11 is 1.89. The molecule has 2 aromatic heterocycles. The predicted octanol–water partition coefficient (Wildman–Crippen LogP) is 12.5. The van der Waals surface area contributed by atoms with Gasteiger partial charge >= 0.3 is 0 Å². The van der Waals surface area contributed by atoms with Crippen LogP contribution in [0.1, 0.15) is 38.5 Å². The molecule has 0 amide bonds. The molecule has 0 atom stereocenters.